The van der Waals surface area contributed by atoms with Crippen LogP contribution in [0.5, 0.6) is 0 Å². The van der Waals surface area contributed by atoms with Gasteiger partial charge in [-0.2, -0.15) is 15.5 Å². The van der Waals surface area contributed by atoms with Crippen LogP contribution in [0.3, 0.4) is 0 Å². The van der Waals surface area contributed by atoms with Crippen molar-refractivity contribution >= 4 is 12.1 Å². The lowest BCUT2D eigenvalue weighted by Gasteiger charge is -2.23. The van der Waals surface area contributed by atoms with Crippen LogP contribution < -0.4 is 0 Å². The average molecular weight is 410 g/mol. The first-order chi connectivity index (χ1) is 14.5. The van der Waals surface area contributed by atoms with Crippen molar-refractivity contribution in [3.8, 4) is 6.07 Å². The molecule has 9 heteroatoms. The van der Waals surface area contributed by atoms with E-state index in [9.17, 15) is 18.8 Å². The van der Waals surface area contributed by atoms with Crippen LogP contribution in [-0.4, -0.2) is 31.9 Å². The third kappa shape index (κ3) is 4.13. The lowest BCUT2D eigenvalue weighted by molar-refractivity contribution is -0.129. The van der Waals surface area contributed by atoms with Gasteiger partial charge in [-0.05, 0) is 43.4 Å². The molecule has 1 aliphatic heterocycles. The minimum atomic E-state index is -0.699. The normalized spacial score (nSPS) is 17.9. The van der Waals surface area contributed by atoms with E-state index in [4.69, 9.17) is 0 Å². The Labute approximate surface area is 172 Å². The van der Waals surface area contributed by atoms with Crippen molar-refractivity contribution in [3.05, 3.63) is 59.2 Å². The summed E-state index contributed by atoms with van der Waals surface area (Å²) in [4.78, 5) is 17.1. The highest BCUT2D eigenvalue weighted by Crippen LogP contribution is 2.38. The molecular weight excluding hydrogens is 390 g/mol. The zero-order valence-electron chi connectivity index (χ0n) is 16.3. The summed E-state index contributed by atoms with van der Waals surface area (Å²) < 4.78 is 28.7. The number of aromatic nitrogens is 3. The molecule has 0 spiro atoms. The van der Waals surface area contributed by atoms with Gasteiger partial charge in [0.05, 0.1) is 6.04 Å². The van der Waals surface area contributed by atoms with Crippen LogP contribution in [-0.2, 0) is 11.3 Å². The third-order valence-corrected chi connectivity index (χ3v) is 5.19. The molecule has 1 unspecified atom stereocenters. The summed E-state index contributed by atoms with van der Waals surface area (Å²) in [5.41, 5.74) is 0.678. The van der Waals surface area contributed by atoms with Crippen molar-refractivity contribution in [1.29, 1.82) is 5.26 Å². The van der Waals surface area contributed by atoms with E-state index in [-0.39, 0.29) is 5.82 Å². The minimum absolute atomic E-state index is 0.270. The predicted molar refractivity (Wildman–Crippen MR) is 104 cm³/mol. The van der Waals surface area contributed by atoms with Gasteiger partial charge in [0.25, 0.3) is 5.91 Å². The monoisotopic (exact) mass is 410 g/mol. The summed E-state index contributed by atoms with van der Waals surface area (Å²) in [5.74, 6) is -0.461. The van der Waals surface area contributed by atoms with Crippen molar-refractivity contribution in [2.75, 3.05) is 0 Å². The molecular formula is C21H20F2N6O. The first-order valence-electron chi connectivity index (χ1n) is 9.81. The number of hydrogen-bond donors (Lipinski definition) is 0. The summed E-state index contributed by atoms with van der Waals surface area (Å²) in [6.45, 7) is 4.30. The summed E-state index contributed by atoms with van der Waals surface area (Å²) >= 11 is 0. The molecule has 1 aromatic heterocycles. The van der Waals surface area contributed by atoms with Crippen molar-refractivity contribution in [2.24, 2.45) is 5.10 Å². The molecule has 7 nitrogen and oxygen atoms in total. The molecule has 0 saturated heterocycles. The molecule has 2 heterocycles. The van der Waals surface area contributed by atoms with Crippen LogP contribution in [0.25, 0.3) is 0 Å². The Bertz CT molecular complexity index is 1050. The standard InChI is InChI=1S/C21H20F2N6O/c1-13(3-2-8-28-19(12-24)26-20(27-28)14-4-5-14)21(30)29-18(6-7-25-29)15-9-16(22)11-17(23)10-15/h7,9-11,14,18H,1-6,8H2. The van der Waals surface area contributed by atoms with Crippen molar-refractivity contribution in [2.45, 2.75) is 50.6 Å². The van der Waals surface area contributed by atoms with Gasteiger partial charge in [-0.25, -0.2) is 23.5 Å². The summed E-state index contributed by atoms with van der Waals surface area (Å²) in [6.07, 6.45) is 4.94. The number of rotatable bonds is 7. The Morgan fingerprint density at radius 3 is 2.67 bits per heavy atom. The maximum atomic E-state index is 13.6. The molecule has 154 valence electrons. The Kier molecular flexibility index (Phi) is 5.40. The third-order valence-electron chi connectivity index (χ3n) is 5.19. The van der Waals surface area contributed by atoms with Crippen LogP contribution in [0.4, 0.5) is 8.78 Å². The Morgan fingerprint density at radius 1 is 1.27 bits per heavy atom. The highest BCUT2D eigenvalue weighted by molar-refractivity contribution is 5.94. The predicted octanol–water partition coefficient (Wildman–Crippen LogP) is 3.60. The molecule has 1 saturated carbocycles. The van der Waals surface area contributed by atoms with Crippen LogP contribution in [0.1, 0.15) is 61.3 Å². The number of hydrazone groups is 1. The molecule has 2 aliphatic rings. The van der Waals surface area contributed by atoms with Crippen molar-refractivity contribution in [3.63, 3.8) is 0 Å². The number of aryl methyl sites for hydroxylation is 1. The lowest BCUT2D eigenvalue weighted by Crippen LogP contribution is -2.28. The van der Waals surface area contributed by atoms with Gasteiger partial charge in [0.15, 0.2) is 5.82 Å². The second-order valence-electron chi connectivity index (χ2n) is 7.51. The van der Waals surface area contributed by atoms with Gasteiger partial charge in [-0.3, -0.25) is 4.79 Å². The number of nitrogens with zero attached hydrogens (tertiary/aromatic N) is 6. The minimum Gasteiger partial charge on any atom is -0.268 e. The number of carbonyl (C=O) groups excluding carboxylic acids is 1. The zero-order valence-corrected chi connectivity index (χ0v) is 16.3. The molecule has 0 radical (unpaired) electrons. The van der Waals surface area contributed by atoms with Crippen LogP contribution in [0.2, 0.25) is 0 Å². The van der Waals surface area contributed by atoms with E-state index in [0.29, 0.717) is 48.7 Å². The van der Waals surface area contributed by atoms with E-state index in [2.05, 4.69) is 21.8 Å². The fourth-order valence-corrected chi connectivity index (χ4v) is 3.48. The fraction of sp³-hybridized carbons (Fsp3) is 0.381. The van der Waals surface area contributed by atoms with Gasteiger partial charge in [0.1, 0.15) is 17.7 Å². The van der Waals surface area contributed by atoms with E-state index in [0.717, 1.165) is 18.9 Å². The number of benzene rings is 1. The van der Waals surface area contributed by atoms with E-state index < -0.39 is 23.6 Å². The number of nitriles is 1. The topological polar surface area (TPSA) is 87.2 Å². The molecule has 2 aromatic rings. The smallest absolute Gasteiger partial charge is 0.268 e. The SMILES string of the molecule is C=C(CCCn1nc(C2CC2)nc1C#N)C(=O)N1N=CCC1c1cc(F)cc(F)c1. The van der Waals surface area contributed by atoms with Crippen molar-refractivity contribution in [1.82, 2.24) is 19.8 Å². The highest BCUT2D eigenvalue weighted by atomic mass is 19.1. The number of halogens is 2. The van der Waals surface area contributed by atoms with Gasteiger partial charge >= 0.3 is 0 Å². The van der Waals surface area contributed by atoms with Gasteiger partial charge in [-0.15, -0.1) is 0 Å². The van der Waals surface area contributed by atoms with Gasteiger partial charge in [-0.1, -0.05) is 6.58 Å². The number of hydrogen-bond acceptors (Lipinski definition) is 5. The Hall–Kier alpha value is -3.41. The Morgan fingerprint density at radius 2 is 2.00 bits per heavy atom. The van der Waals surface area contributed by atoms with E-state index in [1.165, 1.54) is 17.1 Å². The number of carbonyl (C=O) groups is 1. The fourth-order valence-electron chi connectivity index (χ4n) is 3.48. The Balaban J connectivity index is 1.37. The summed E-state index contributed by atoms with van der Waals surface area (Å²) in [6, 6.07) is 4.68. The molecule has 1 aliphatic carbocycles. The highest BCUT2D eigenvalue weighted by Gasteiger charge is 2.31. The van der Waals surface area contributed by atoms with Crippen LogP contribution >= 0.6 is 0 Å². The molecule has 4 rings (SSSR count). The largest absolute Gasteiger partial charge is 0.269 e. The maximum Gasteiger partial charge on any atom is 0.269 e. The molecule has 30 heavy (non-hydrogen) atoms. The summed E-state index contributed by atoms with van der Waals surface area (Å²) in [7, 11) is 0. The first-order valence-corrected chi connectivity index (χ1v) is 9.81. The molecule has 1 fully saturated rings. The molecule has 1 atom stereocenters. The first kappa shape index (κ1) is 19.9. The summed E-state index contributed by atoms with van der Waals surface area (Å²) in [5, 5.41) is 18.9. The van der Waals surface area contributed by atoms with Gasteiger partial charge in [0.2, 0.25) is 5.82 Å². The second kappa shape index (κ2) is 8.14. The van der Waals surface area contributed by atoms with Crippen LogP contribution in [0, 0.1) is 23.0 Å². The average Bonchev–Trinajstić information content (AvgIpc) is 3.30. The van der Waals surface area contributed by atoms with Gasteiger partial charge in [0, 0.05) is 36.7 Å². The quantitative estimate of drug-likeness (QED) is 0.653. The molecule has 1 aromatic carbocycles. The number of amides is 1. The lowest BCUT2D eigenvalue weighted by atomic mass is 10.0. The van der Waals surface area contributed by atoms with E-state index in [1.807, 2.05) is 6.07 Å². The van der Waals surface area contributed by atoms with Gasteiger partial charge < -0.3 is 0 Å². The molecule has 0 bridgehead atoms. The maximum absolute atomic E-state index is 13.6. The van der Waals surface area contributed by atoms with Crippen LogP contribution in [0.15, 0.2) is 35.5 Å². The molecule has 1 amide bonds. The van der Waals surface area contributed by atoms with E-state index >= 15 is 0 Å². The van der Waals surface area contributed by atoms with Crippen molar-refractivity contribution < 1.29 is 13.6 Å². The molecule has 0 N–H and O–H groups in total. The van der Waals surface area contributed by atoms with E-state index in [1.54, 1.807) is 10.9 Å². The zero-order chi connectivity index (χ0) is 21.3. The second-order valence-corrected chi connectivity index (χ2v) is 7.51.